The Labute approximate surface area is 68.6 Å². The summed E-state index contributed by atoms with van der Waals surface area (Å²) < 4.78 is 0. The monoisotopic (exact) mass is 158 g/mol. The topological polar surface area (TPSA) is 46.3 Å². The second-order valence-corrected chi connectivity index (χ2v) is 3.40. The zero-order chi connectivity index (χ0) is 9.02. The van der Waals surface area contributed by atoms with Crippen LogP contribution in [0.1, 0.15) is 20.8 Å². The van der Waals surface area contributed by atoms with Crippen LogP contribution in [0.2, 0.25) is 0 Å². The molecule has 0 aliphatic rings. The van der Waals surface area contributed by atoms with Crippen molar-refractivity contribution >= 4 is 5.91 Å². The van der Waals surface area contributed by atoms with Crippen molar-refractivity contribution in [3.05, 3.63) is 0 Å². The van der Waals surface area contributed by atoms with Gasteiger partial charge in [-0.1, -0.05) is 13.8 Å². The van der Waals surface area contributed by atoms with Crippen LogP contribution in [-0.4, -0.2) is 30.4 Å². The summed E-state index contributed by atoms with van der Waals surface area (Å²) in [6.07, 6.45) is 0. The number of carbonyl (C=O) groups excluding carboxylic acids is 1. The fourth-order valence-electron chi connectivity index (χ4n) is 0.985. The van der Waals surface area contributed by atoms with E-state index in [4.69, 9.17) is 5.73 Å². The van der Waals surface area contributed by atoms with Gasteiger partial charge in [-0.25, -0.2) is 0 Å². The maximum atomic E-state index is 11.2. The van der Waals surface area contributed by atoms with Gasteiger partial charge in [0.05, 0.1) is 6.04 Å². The molecule has 0 aromatic carbocycles. The Balaban J connectivity index is 3.83. The lowest BCUT2D eigenvalue weighted by molar-refractivity contribution is -0.131. The third-order valence-corrected chi connectivity index (χ3v) is 1.40. The Bertz CT molecular complexity index is 132. The molecule has 0 bridgehead atoms. The van der Waals surface area contributed by atoms with Crippen molar-refractivity contribution in [1.82, 2.24) is 4.90 Å². The summed E-state index contributed by atoms with van der Waals surface area (Å²) in [7, 11) is 1.78. The molecule has 0 aromatic rings. The molecule has 11 heavy (non-hydrogen) atoms. The molecule has 0 rings (SSSR count). The third kappa shape index (κ3) is 3.98. The molecule has 0 unspecified atom stereocenters. The van der Waals surface area contributed by atoms with Crippen LogP contribution in [0.25, 0.3) is 0 Å². The molecule has 0 saturated heterocycles. The smallest absolute Gasteiger partial charge is 0.238 e. The molecular weight excluding hydrogens is 140 g/mol. The van der Waals surface area contributed by atoms with Gasteiger partial charge in [0.25, 0.3) is 0 Å². The van der Waals surface area contributed by atoms with E-state index in [2.05, 4.69) is 13.8 Å². The van der Waals surface area contributed by atoms with Gasteiger partial charge >= 0.3 is 0 Å². The number of hydrogen-bond acceptors (Lipinski definition) is 2. The van der Waals surface area contributed by atoms with Crippen molar-refractivity contribution < 1.29 is 4.79 Å². The average Bonchev–Trinajstić information content (AvgIpc) is 1.84. The van der Waals surface area contributed by atoms with Crippen LogP contribution in [0.5, 0.6) is 0 Å². The molecule has 0 aliphatic heterocycles. The van der Waals surface area contributed by atoms with Gasteiger partial charge in [-0.15, -0.1) is 0 Å². The summed E-state index contributed by atoms with van der Waals surface area (Å²) in [5, 5.41) is 0. The first-order chi connectivity index (χ1) is 4.95. The van der Waals surface area contributed by atoms with Crippen molar-refractivity contribution in [2.75, 3.05) is 13.6 Å². The van der Waals surface area contributed by atoms with Crippen molar-refractivity contribution in [3.63, 3.8) is 0 Å². The number of carbonyl (C=O) groups is 1. The summed E-state index contributed by atoms with van der Waals surface area (Å²) >= 11 is 0. The number of rotatable bonds is 3. The molecule has 2 N–H and O–H groups in total. The number of hydrogen-bond donors (Lipinski definition) is 1. The largest absolute Gasteiger partial charge is 0.344 e. The molecule has 0 aliphatic carbocycles. The Morgan fingerprint density at radius 1 is 1.45 bits per heavy atom. The van der Waals surface area contributed by atoms with E-state index in [1.807, 2.05) is 0 Å². The Morgan fingerprint density at radius 3 is 2.18 bits per heavy atom. The minimum atomic E-state index is -0.376. The molecular formula is C8H18N2O. The minimum Gasteiger partial charge on any atom is -0.344 e. The third-order valence-electron chi connectivity index (χ3n) is 1.40. The summed E-state index contributed by atoms with van der Waals surface area (Å²) in [6.45, 7) is 6.63. The van der Waals surface area contributed by atoms with Crippen LogP contribution >= 0.6 is 0 Å². The highest BCUT2D eigenvalue weighted by Gasteiger charge is 2.13. The zero-order valence-electron chi connectivity index (χ0n) is 7.79. The molecule has 1 atom stereocenters. The first kappa shape index (κ1) is 10.4. The van der Waals surface area contributed by atoms with Crippen molar-refractivity contribution in [2.45, 2.75) is 26.8 Å². The number of nitrogens with two attached hydrogens (primary N) is 1. The van der Waals surface area contributed by atoms with Crippen LogP contribution in [0.4, 0.5) is 0 Å². The van der Waals surface area contributed by atoms with E-state index in [9.17, 15) is 4.79 Å². The van der Waals surface area contributed by atoms with E-state index >= 15 is 0 Å². The fraction of sp³-hybridized carbons (Fsp3) is 0.875. The molecule has 3 nitrogen and oxygen atoms in total. The summed E-state index contributed by atoms with van der Waals surface area (Å²) in [5.74, 6) is 0.515. The van der Waals surface area contributed by atoms with Gasteiger partial charge < -0.3 is 10.6 Å². The number of likely N-dealkylation sites (N-methyl/N-ethyl adjacent to an activating group) is 1. The van der Waals surface area contributed by atoms with Gasteiger partial charge in [0.1, 0.15) is 0 Å². The highest BCUT2D eigenvalue weighted by Crippen LogP contribution is 1.97. The van der Waals surface area contributed by atoms with Crippen molar-refractivity contribution in [1.29, 1.82) is 0 Å². The SMILES string of the molecule is CC(C)CN(C)C(=O)[C@@H](C)N. The minimum absolute atomic E-state index is 0.0127. The normalized spacial score (nSPS) is 13.3. The van der Waals surface area contributed by atoms with E-state index in [1.165, 1.54) is 0 Å². The van der Waals surface area contributed by atoms with Crippen molar-refractivity contribution in [2.24, 2.45) is 11.7 Å². The summed E-state index contributed by atoms with van der Waals surface area (Å²) in [6, 6.07) is -0.376. The average molecular weight is 158 g/mol. The number of nitrogens with zero attached hydrogens (tertiary/aromatic N) is 1. The predicted octanol–water partition coefficient (Wildman–Crippen LogP) is 0.448. The summed E-state index contributed by atoms with van der Waals surface area (Å²) in [4.78, 5) is 12.9. The van der Waals surface area contributed by atoms with Crippen LogP contribution in [0.3, 0.4) is 0 Å². The second-order valence-electron chi connectivity index (χ2n) is 3.40. The molecule has 0 spiro atoms. The molecule has 0 fully saturated rings. The van der Waals surface area contributed by atoms with Crippen molar-refractivity contribution in [3.8, 4) is 0 Å². The maximum Gasteiger partial charge on any atom is 0.238 e. The highest BCUT2D eigenvalue weighted by atomic mass is 16.2. The Hall–Kier alpha value is -0.570. The van der Waals surface area contributed by atoms with Crippen LogP contribution in [0.15, 0.2) is 0 Å². The number of amides is 1. The molecule has 66 valence electrons. The molecule has 1 amide bonds. The summed E-state index contributed by atoms with van der Waals surface area (Å²) in [5.41, 5.74) is 5.42. The Morgan fingerprint density at radius 2 is 1.91 bits per heavy atom. The lowest BCUT2D eigenvalue weighted by Crippen LogP contribution is -2.41. The molecule has 0 heterocycles. The lowest BCUT2D eigenvalue weighted by atomic mass is 10.2. The molecule has 0 aromatic heterocycles. The quantitative estimate of drug-likeness (QED) is 0.648. The van der Waals surface area contributed by atoms with Gasteiger partial charge in [-0.05, 0) is 12.8 Å². The molecule has 0 saturated carbocycles. The standard InChI is InChI=1S/C8H18N2O/c1-6(2)5-10(4)8(11)7(3)9/h6-7H,5,9H2,1-4H3/t7-/m1/s1. The van der Waals surface area contributed by atoms with E-state index in [-0.39, 0.29) is 11.9 Å². The van der Waals surface area contributed by atoms with Crippen LogP contribution in [-0.2, 0) is 4.79 Å². The van der Waals surface area contributed by atoms with E-state index < -0.39 is 0 Å². The molecule has 0 radical (unpaired) electrons. The molecule has 3 heteroatoms. The zero-order valence-corrected chi connectivity index (χ0v) is 7.79. The fourth-order valence-corrected chi connectivity index (χ4v) is 0.985. The van der Waals surface area contributed by atoms with Gasteiger partial charge in [-0.3, -0.25) is 4.79 Å². The first-order valence-electron chi connectivity index (χ1n) is 3.95. The lowest BCUT2D eigenvalue weighted by Gasteiger charge is -2.20. The van der Waals surface area contributed by atoms with Gasteiger partial charge in [0.15, 0.2) is 0 Å². The van der Waals surface area contributed by atoms with E-state index in [1.54, 1.807) is 18.9 Å². The van der Waals surface area contributed by atoms with Gasteiger partial charge in [0.2, 0.25) is 5.91 Å². The first-order valence-corrected chi connectivity index (χ1v) is 3.95. The predicted molar refractivity (Wildman–Crippen MR) is 46.1 cm³/mol. The van der Waals surface area contributed by atoms with Gasteiger partial charge in [-0.2, -0.15) is 0 Å². The van der Waals surface area contributed by atoms with Gasteiger partial charge in [0, 0.05) is 13.6 Å². The van der Waals surface area contributed by atoms with E-state index in [0.717, 1.165) is 6.54 Å². The Kier molecular flexibility index (Phi) is 4.11. The second kappa shape index (κ2) is 4.34. The highest BCUT2D eigenvalue weighted by molar-refractivity contribution is 5.80. The maximum absolute atomic E-state index is 11.2. The van der Waals surface area contributed by atoms with Crippen LogP contribution in [0, 0.1) is 5.92 Å². The van der Waals surface area contributed by atoms with E-state index in [0.29, 0.717) is 5.92 Å². The van der Waals surface area contributed by atoms with Crippen LogP contribution < -0.4 is 5.73 Å².